The molecule has 3 rings (SSSR count). The van der Waals surface area contributed by atoms with Crippen molar-refractivity contribution in [2.45, 2.75) is 64.0 Å². The van der Waals surface area contributed by atoms with Gasteiger partial charge in [-0.2, -0.15) is 0 Å². The van der Waals surface area contributed by atoms with Crippen LogP contribution in [0.5, 0.6) is 0 Å². The van der Waals surface area contributed by atoms with Gasteiger partial charge in [0.1, 0.15) is 0 Å². The average molecular weight is 236 g/mol. The number of likely N-dealkylation sites (tertiary alicyclic amines) is 1. The van der Waals surface area contributed by atoms with E-state index < -0.39 is 0 Å². The number of piperidine rings is 1. The highest BCUT2D eigenvalue weighted by molar-refractivity contribution is 4.91. The van der Waals surface area contributed by atoms with Crippen LogP contribution in [0.25, 0.3) is 0 Å². The van der Waals surface area contributed by atoms with Gasteiger partial charge in [-0.1, -0.05) is 19.8 Å². The van der Waals surface area contributed by atoms with E-state index in [1.807, 2.05) is 0 Å². The maximum Gasteiger partial charge on any atom is 0.00981 e. The lowest BCUT2D eigenvalue weighted by atomic mass is 9.81. The van der Waals surface area contributed by atoms with Gasteiger partial charge in [-0.05, 0) is 56.4 Å². The number of nitrogens with zero attached hydrogens (tertiary/aromatic N) is 1. The highest BCUT2D eigenvalue weighted by Crippen LogP contribution is 2.45. The van der Waals surface area contributed by atoms with Crippen molar-refractivity contribution in [3.8, 4) is 0 Å². The molecule has 0 spiro atoms. The lowest BCUT2D eigenvalue weighted by Crippen LogP contribution is -2.50. The van der Waals surface area contributed by atoms with Crippen LogP contribution >= 0.6 is 0 Å². The summed E-state index contributed by atoms with van der Waals surface area (Å²) in [5.41, 5.74) is 6.13. The Hall–Kier alpha value is -0.0800. The molecule has 1 heterocycles. The lowest BCUT2D eigenvalue weighted by Gasteiger charge is -2.43. The summed E-state index contributed by atoms with van der Waals surface area (Å²) in [5.74, 6) is 2.88. The second-order valence-corrected chi connectivity index (χ2v) is 6.84. The zero-order valence-corrected chi connectivity index (χ0v) is 11.3. The molecule has 2 heteroatoms. The third-order valence-electron chi connectivity index (χ3n) is 5.50. The standard InChI is InChI=1S/C15H28N2/c1-11-10-17(8-7-15(11)16)14-4-2-3-13(9-14)12-5-6-12/h11-15H,2-10,16H2,1H3. The smallest absolute Gasteiger partial charge is 0.00981 e. The zero-order valence-electron chi connectivity index (χ0n) is 11.3. The molecule has 98 valence electrons. The third kappa shape index (κ3) is 2.68. The molecule has 2 N–H and O–H groups in total. The Bertz CT molecular complexity index is 262. The molecule has 2 nitrogen and oxygen atoms in total. The van der Waals surface area contributed by atoms with E-state index in [0.29, 0.717) is 12.0 Å². The fraction of sp³-hybridized carbons (Fsp3) is 1.00. The predicted molar refractivity (Wildman–Crippen MR) is 71.8 cm³/mol. The first-order chi connectivity index (χ1) is 8.24. The molecule has 3 fully saturated rings. The van der Waals surface area contributed by atoms with Crippen LogP contribution in [0, 0.1) is 17.8 Å². The van der Waals surface area contributed by atoms with Crippen LogP contribution in [0.3, 0.4) is 0 Å². The molecular weight excluding hydrogens is 208 g/mol. The largest absolute Gasteiger partial charge is 0.327 e. The molecule has 0 aromatic rings. The number of hydrogen-bond acceptors (Lipinski definition) is 2. The van der Waals surface area contributed by atoms with Crippen molar-refractivity contribution in [2.24, 2.45) is 23.5 Å². The molecule has 3 aliphatic rings. The van der Waals surface area contributed by atoms with Gasteiger partial charge in [0.25, 0.3) is 0 Å². The molecule has 0 aromatic heterocycles. The molecule has 4 unspecified atom stereocenters. The van der Waals surface area contributed by atoms with Gasteiger partial charge in [-0.15, -0.1) is 0 Å². The van der Waals surface area contributed by atoms with Crippen LogP contribution in [-0.2, 0) is 0 Å². The van der Waals surface area contributed by atoms with E-state index in [4.69, 9.17) is 5.73 Å². The van der Waals surface area contributed by atoms with Crippen LogP contribution in [0.2, 0.25) is 0 Å². The highest BCUT2D eigenvalue weighted by atomic mass is 15.2. The molecular formula is C15H28N2. The van der Waals surface area contributed by atoms with Crippen molar-refractivity contribution in [3.63, 3.8) is 0 Å². The number of nitrogens with two attached hydrogens (primary N) is 1. The van der Waals surface area contributed by atoms with Crippen LogP contribution in [0.15, 0.2) is 0 Å². The first kappa shape index (κ1) is 12.0. The number of rotatable bonds is 2. The van der Waals surface area contributed by atoms with Gasteiger partial charge < -0.3 is 5.73 Å². The molecule has 0 amide bonds. The third-order valence-corrected chi connectivity index (χ3v) is 5.50. The Balaban J connectivity index is 1.56. The Morgan fingerprint density at radius 3 is 2.53 bits per heavy atom. The van der Waals surface area contributed by atoms with Gasteiger partial charge in [-0.3, -0.25) is 4.90 Å². The summed E-state index contributed by atoms with van der Waals surface area (Å²) in [4.78, 5) is 2.77. The van der Waals surface area contributed by atoms with Gasteiger partial charge in [0.2, 0.25) is 0 Å². The second-order valence-electron chi connectivity index (χ2n) is 6.84. The summed E-state index contributed by atoms with van der Waals surface area (Å²) in [5, 5.41) is 0. The summed E-state index contributed by atoms with van der Waals surface area (Å²) >= 11 is 0. The summed E-state index contributed by atoms with van der Waals surface area (Å²) in [6, 6.07) is 1.35. The van der Waals surface area contributed by atoms with Gasteiger partial charge >= 0.3 is 0 Å². The van der Waals surface area contributed by atoms with Crippen LogP contribution in [0.4, 0.5) is 0 Å². The Morgan fingerprint density at radius 1 is 1.00 bits per heavy atom. The Labute approximate surface area is 106 Å². The van der Waals surface area contributed by atoms with E-state index in [-0.39, 0.29) is 0 Å². The molecule has 4 atom stereocenters. The Morgan fingerprint density at radius 2 is 1.82 bits per heavy atom. The second kappa shape index (κ2) is 4.89. The summed E-state index contributed by atoms with van der Waals surface area (Å²) in [6.45, 7) is 4.84. The fourth-order valence-corrected chi connectivity index (χ4v) is 4.06. The average Bonchev–Trinajstić information content (AvgIpc) is 3.17. The maximum absolute atomic E-state index is 6.13. The van der Waals surface area contributed by atoms with E-state index in [2.05, 4.69) is 11.8 Å². The van der Waals surface area contributed by atoms with Crippen molar-refractivity contribution in [3.05, 3.63) is 0 Å². The first-order valence-corrected chi connectivity index (χ1v) is 7.73. The minimum atomic E-state index is 0.453. The molecule has 17 heavy (non-hydrogen) atoms. The normalized spacial score (nSPS) is 44.8. The van der Waals surface area contributed by atoms with E-state index >= 15 is 0 Å². The Kier molecular flexibility index (Phi) is 3.45. The van der Waals surface area contributed by atoms with Crippen molar-refractivity contribution >= 4 is 0 Å². The highest BCUT2D eigenvalue weighted by Gasteiger charge is 2.37. The van der Waals surface area contributed by atoms with E-state index in [9.17, 15) is 0 Å². The molecule has 1 aliphatic heterocycles. The molecule has 2 aliphatic carbocycles. The first-order valence-electron chi connectivity index (χ1n) is 7.73. The molecule has 0 bridgehead atoms. The maximum atomic E-state index is 6.13. The van der Waals surface area contributed by atoms with Crippen molar-refractivity contribution < 1.29 is 0 Å². The predicted octanol–water partition coefficient (Wildman–Crippen LogP) is 2.62. The zero-order chi connectivity index (χ0) is 11.8. The molecule has 1 saturated heterocycles. The topological polar surface area (TPSA) is 29.3 Å². The molecule has 0 aromatic carbocycles. The van der Waals surface area contributed by atoms with Crippen LogP contribution in [0.1, 0.15) is 51.9 Å². The lowest BCUT2D eigenvalue weighted by molar-refractivity contribution is 0.0739. The minimum absolute atomic E-state index is 0.453. The molecule has 0 radical (unpaired) electrons. The van der Waals surface area contributed by atoms with E-state index in [0.717, 1.165) is 17.9 Å². The summed E-state index contributed by atoms with van der Waals surface area (Å²) in [6.07, 6.45) is 10.2. The monoisotopic (exact) mass is 236 g/mol. The van der Waals surface area contributed by atoms with Gasteiger partial charge in [0.05, 0.1) is 0 Å². The van der Waals surface area contributed by atoms with Gasteiger partial charge in [0.15, 0.2) is 0 Å². The van der Waals surface area contributed by atoms with Gasteiger partial charge in [0, 0.05) is 18.6 Å². The van der Waals surface area contributed by atoms with E-state index in [1.165, 1.54) is 58.0 Å². The molecule has 2 saturated carbocycles. The van der Waals surface area contributed by atoms with Crippen molar-refractivity contribution in [1.29, 1.82) is 0 Å². The summed E-state index contributed by atoms with van der Waals surface area (Å²) in [7, 11) is 0. The van der Waals surface area contributed by atoms with Crippen LogP contribution < -0.4 is 5.73 Å². The van der Waals surface area contributed by atoms with Crippen molar-refractivity contribution in [1.82, 2.24) is 4.90 Å². The van der Waals surface area contributed by atoms with Gasteiger partial charge in [-0.25, -0.2) is 0 Å². The quantitative estimate of drug-likeness (QED) is 0.798. The fourth-order valence-electron chi connectivity index (χ4n) is 4.06. The van der Waals surface area contributed by atoms with Crippen molar-refractivity contribution in [2.75, 3.05) is 13.1 Å². The minimum Gasteiger partial charge on any atom is -0.327 e. The SMILES string of the molecule is CC1CN(C2CCCC(C3CC3)C2)CCC1N. The van der Waals surface area contributed by atoms with Crippen LogP contribution in [-0.4, -0.2) is 30.1 Å². The number of hydrogen-bond donors (Lipinski definition) is 1. The van der Waals surface area contributed by atoms with E-state index in [1.54, 1.807) is 0 Å². The summed E-state index contributed by atoms with van der Waals surface area (Å²) < 4.78 is 0.